The molecule has 0 rings (SSSR count). The second-order valence-electron chi connectivity index (χ2n) is 0.809. The van der Waals surface area contributed by atoms with E-state index in [9.17, 15) is 4.79 Å². The van der Waals surface area contributed by atoms with Gasteiger partial charge in [0.15, 0.2) is 0 Å². The lowest BCUT2D eigenvalue weighted by Crippen LogP contribution is -1.46. The first-order valence-corrected chi connectivity index (χ1v) is 1.73. The molecule has 0 aliphatic heterocycles. The fourth-order valence-corrected chi connectivity index (χ4v) is 0.143. The van der Waals surface area contributed by atoms with E-state index >= 15 is 0 Å². The number of nitrogens with zero attached hydrogens (tertiary/aromatic N) is 1. The highest BCUT2D eigenvalue weighted by Crippen LogP contribution is 1.68. The maximum atomic E-state index is 9.39. The van der Waals surface area contributed by atoms with Gasteiger partial charge in [0, 0.05) is 12.3 Å². The van der Waals surface area contributed by atoms with Crippen molar-refractivity contribution in [3.05, 3.63) is 18.4 Å². The summed E-state index contributed by atoms with van der Waals surface area (Å²) in [4.78, 5) is 12.7. The number of rotatable bonds is 2. The molecule has 36 valence electrons. The lowest BCUT2D eigenvalue weighted by atomic mass is 10.6. The third-order valence-corrected chi connectivity index (χ3v) is 0.356. The summed E-state index contributed by atoms with van der Waals surface area (Å²) in [7, 11) is 0. The lowest BCUT2D eigenvalue weighted by Gasteiger charge is -1.60. The molecule has 0 heterocycles. The van der Waals surface area contributed by atoms with Crippen LogP contribution in [0.1, 0.15) is 0 Å². The molecule has 0 unspecified atom stereocenters. The average Bonchev–Trinajstić information content (AvgIpc) is 1.69. The molecule has 0 aromatic rings. The molecule has 0 aliphatic carbocycles. The van der Waals surface area contributed by atoms with Crippen LogP contribution < -0.4 is 0 Å². The van der Waals surface area contributed by atoms with Gasteiger partial charge in [0.25, 0.3) is 0 Å². The van der Waals surface area contributed by atoms with Gasteiger partial charge in [0.05, 0.1) is 0 Å². The number of allylic oxidation sites excluding steroid dienone is 2. The van der Waals surface area contributed by atoms with Gasteiger partial charge >= 0.3 is 0 Å². The summed E-state index contributed by atoms with van der Waals surface area (Å²) in [6.07, 6.45) is 4.08. The van der Waals surface area contributed by atoms with Gasteiger partial charge in [-0.3, -0.25) is 4.99 Å². The summed E-state index contributed by atoms with van der Waals surface area (Å²) < 4.78 is 0. The van der Waals surface area contributed by atoms with Gasteiger partial charge in [0.1, 0.15) is 5.94 Å². The Labute approximate surface area is 41.9 Å². The molecular weight excluding hydrogens is 90.1 g/mol. The van der Waals surface area contributed by atoms with Gasteiger partial charge in [-0.25, -0.2) is 4.79 Å². The van der Waals surface area contributed by atoms with Crippen LogP contribution in [0.3, 0.4) is 0 Å². The first kappa shape index (κ1) is 5.86. The molecule has 0 aliphatic rings. The fraction of sp³-hybridized carbons (Fsp3) is 0. The molecule has 0 spiro atoms. The van der Waals surface area contributed by atoms with Crippen LogP contribution in [-0.4, -0.2) is 12.7 Å². The first-order valence-electron chi connectivity index (χ1n) is 1.73. The van der Waals surface area contributed by atoms with Crippen molar-refractivity contribution in [3.8, 4) is 0 Å². The average molecular weight is 95.1 g/mol. The minimum absolute atomic E-state index is 1.22. The number of hydrogen-bond acceptors (Lipinski definition) is 2. The third kappa shape index (κ3) is 4.86. The summed E-state index contributed by atoms with van der Waals surface area (Å²) in [6.45, 7) is 3.15. The van der Waals surface area contributed by atoms with Crippen LogP contribution in [0.4, 0.5) is 0 Å². The second kappa shape index (κ2) is 4.86. The maximum Gasteiger partial charge on any atom is 0.124 e. The van der Waals surface area contributed by atoms with Crippen molar-refractivity contribution in [2.45, 2.75) is 0 Å². The molecule has 0 aromatic carbocycles. The topological polar surface area (TPSA) is 29.4 Å². The lowest BCUT2D eigenvalue weighted by molar-refractivity contribution is 0.569. The van der Waals surface area contributed by atoms with E-state index in [1.54, 1.807) is 5.94 Å². The van der Waals surface area contributed by atoms with Gasteiger partial charge in [-0.15, -0.1) is 0 Å². The maximum absolute atomic E-state index is 9.39. The molecule has 0 N–H and O–H groups in total. The highest BCUT2D eigenvalue weighted by atomic mass is 16.1. The molecule has 2 heteroatoms. The van der Waals surface area contributed by atoms with E-state index in [1.165, 1.54) is 18.4 Å². The SMILES string of the molecule is C=N/C=C/C=C=O. The minimum atomic E-state index is 1.22. The van der Waals surface area contributed by atoms with E-state index in [0.717, 1.165) is 0 Å². The van der Waals surface area contributed by atoms with Crippen LogP contribution >= 0.6 is 0 Å². The van der Waals surface area contributed by atoms with Crippen LogP contribution in [0, 0.1) is 0 Å². The summed E-state index contributed by atoms with van der Waals surface area (Å²) in [5.41, 5.74) is 0. The third-order valence-electron chi connectivity index (χ3n) is 0.356. The summed E-state index contributed by atoms with van der Waals surface area (Å²) in [6, 6.07) is 0. The molecule has 7 heavy (non-hydrogen) atoms. The number of carbonyl (C=O) groups excluding carboxylic acids is 1. The highest BCUT2D eigenvalue weighted by molar-refractivity contribution is 5.48. The molecule has 0 amide bonds. The van der Waals surface area contributed by atoms with E-state index in [2.05, 4.69) is 11.7 Å². The summed E-state index contributed by atoms with van der Waals surface area (Å²) in [5.74, 6) is 1.55. The van der Waals surface area contributed by atoms with Gasteiger partial charge in [-0.1, -0.05) is 0 Å². The molecule has 2 nitrogen and oxygen atoms in total. The zero-order chi connectivity index (χ0) is 5.54. The molecule has 0 atom stereocenters. The monoisotopic (exact) mass is 95.0 g/mol. The van der Waals surface area contributed by atoms with Crippen molar-refractivity contribution in [3.63, 3.8) is 0 Å². The Kier molecular flexibility index (Phi) is 4.07. The second-order valence-corrected chi connectivity index (χ2v) is 0.809. The van der Waals surface area contributed by atoms with Gasteiger partial charge in [-0.2, -0.15) is 0 Å². The zero-order valence-electron chi connectivity index (χ0n) is 3.79. The Hall–Kier alpha value is -1.14. The molecule has 0 saturated carbocycles. The van der Waals surface area contributed by atoms with E-state index in [-0.39, 0.29) is 0 Å². The summed E-state index contributed by atoms with van der Waals surface area (Å²) in [5, 5.41) is 0. The minimum Gasteiger partial charge on any atom is -0.272 e. The molecular formula is C5H5NO. The van der Waals surface area contributed by atoms with Crippen molar-refractivity contribution in [1.82, 2.24) is 0 Å². The van der Waals surface area contributed by atoms with Gasteiger partial charge < -0.3 is 0 Å². The van der Waals surface area contributed by atoms with Crippen molar-refractivity contribution < 1.29 is 4.79 Å². The molecule has 0 aromatic heterocycles. The Morgan fingerprint density at radius 3 is 2.86 bits per heavy atom. The zero-order valence-corrected chi connectivity index (χ0v) is 3.79. The molecule has 0 radical (unpaired) electrons. The largest absolute Gasteiger partial charge is 0.272 e. The van der Waals surface area contributed by atoms with Crippen molar-refractivity contribution in [1.29, 1.82) is 0 Å². The van der Waals surface area contributed by atoms with Crippen LogP contribution in [-0.2, 0) is 4.79 Å². The van der Waals surface area contributed by atoms with E-state index in [1.807, 2.05) is 0 Å². The Bertz CT molecular complexity index is 120. The highest BCUT2D eigenvalue weighted by Gasteiger charge is 1.53. The van der Waals surface area contributed by atoms with E-state index in [0.29, 0.717) is 0 Å². The first-order chi connectivity index (χ1) is 3.41. The Morgan fingerprint density at radius 1 is 1.71 bits per heavy atom. The predicted octanol–water partition coefficient (Wildman–Crippen LogP) is 0.589. The molecule has 0 saturated heterocycles. The van der Waals surface area contributed by atoms with Crippen LogP contribution in [0.2, 0.25) is 0 Å². The predicted molar refractivity (Wildman–Crippen MR) is 29.0 cm³/mol. The van der Waals surface area contributed by atoms with Crippen molar-refractivity contribution in [2.24, 2.45) is 4.99 Å². The Balaban J connectivity index is 3.47. The molecule has 0 bridgehead atoms. The standard InChI is InChI=1S/C5H5NO/c1-6-4-2-3-5-7/h2-4H,1H2/b4-2+. The van der Waals surface area contributed by atoms with Crippen molar-refractivity contribution in [2.75, 3.05) is 0 Å². The molecule has 0 fully saturated rings. The van der Waals surface area contributed by atoms with Gasteiger partial charge in [0.2, 0.25) is 0 Å². The smallest absolute Gasteiger partial charge is 0.124 e. The van der Waals surface area contributed by atoms with Gasteiger partial charge in [-0.05, 0) is 12.8 Å². The van der Waals surface area contributed by atoms with E-state index < -0.39 is 0 Å². The number of aliphatic imine (C=N–C) groups is 1. The quantitative estimate of drug-likeness (QED) is 0.280. The van der Waals surface area contributed by atoms with Crippen LogP contribution in [0.5, 0.6) is 0 Å². The summed E-state index contributed by atoms with van der Waals surface area (Å²) >= 11 is 0. The number of hydrogen-bond donors (Lipinski definition) is 0. The van der Waals surface area contributed by atoms with E-state index in [4.69, 9.17) is 0 Å². The van der Waals surface area contributed by atoms with Crippen LogP contribution in [0.25, 0.3) is 0 Å². The Morgan fingerprint density at radius 2 is 2.43 bits per heavy atom. The van der Waals surface area contributed by atoms with Crippen LogP contribution in [0.15, 0.2) is 23.3 Å². The van der Waals surface area contributed by atoms with Crippen molar-refractivity contribution >= 4 is 12.7 Å². The fourth-order valence-electron chi connectivity index (χ4n) is 0.143. The normalized spacial score (nSPS) is 8.00.